The molecule has 3 aromatic carbocycles. The van der Waals surface area contributed by atoms with E-state index >= 15 is 0 Å². The summed E-state index contributed by atoms with van der Waals surface area (Å²) in [4.78, 5) is 13.6. The number of nitrogens with one attached hydrogen (secondary N) is 1. The van der Waals surface area contributed by atoms with Gasteiger partial charge in [-0.1, -0.05) is 49.6 Å². The zero-order valence-electron chi connectivity index (χ0n) is 23.5. The molecule has 0 atom stereocenters. The number of amides is 1. The molecule has 1 amide bonds. The van der Waals surface area contributed by atoms with Crippen molar-refractivity contribution in [2.24, 2.45) is 0 Å². The van der Waals surface area contributed by atoms with Gasteiger partial charge in [0.2, 0.25) is 0 Å². The summed E-state index contributed by atoms with van der Waals surface area (Å²) in [7, 11) is 0. The lowest BCUT2D eigenvalue weighted by molar-refractivity contribution is 0.0909. The quantitative estimate of drug-likeness (QED) is 0.276. The Morgan fingerprint density at radius 1 is 1.05 bits per heavy atom. The van der Waals surface area contributed by atoms with Crippen LogP contribution in [0.15, 0.2) is 66.7 Å². The van der Waals surface area contributed by atoms with Gasteiger partial charge in [-0.25, -0.2) is 0 Å². The topological polar surface area (TPSA) is 67.0 Å². The number of ether oxygens (including phenoxy) is 1. The van der Waals surface area contributed by atoms with Crippen molar-refractivity contribution in [2.75, 3.05) is 6.61 Å². The minimum atomic E-state index is -0.379. The number of nitrogens with zero attached hydrogens (tertiary/aromatic N) is 2. The number of nitriles is 1. The first-order valence-electron chi connectivity index (χ1n) is 14.6. The van der Waals surface area contributed by atoms with Crippen LogP contribution in [0, 0.1) is 11.3 Å². The van der Waals surface area contributed by atoms with Gasteiger partial charge < -0.3 is 14.6 Å². The fourth-order valence-corrected chi connectivity index (χ4v) is 6.52. The molecule has 4 aromatic rings. The predicted molar refractivity (Wildman–Crippen MR) is 160 cm³/mol. The van der Waals surface area contributed by atoms with E-state index in [1.165, 1.54) is 48.7 Å². The number of hydrogen-bond donors (Lipinski definition) is 1. The Labute approximate surface area is 236 Å². The molecule has 0 bridgehead atoms. The van der Waals surface area contributed by atoms with Gasteiger partial charge in [-0.05, 0) is 93.0 Å². The van der Waals surface area contributed by atoms with Crippen molar-refractivity contribution < 1.29 is 9.53 Å². The molecule has 0 radical (unpaired) electrons. The van der Waals surface area contributed by atoms with Crippen LogP contribution in [0.1, 0.15) is 85.3 Å². The highest BCUT2D eigenvalue weighted by Crippen LogP contribution is 2.47. The second-order valence-electron chi connectivity index (χ2n) is 12.0. The minimum absolute atomic E-state index is 0.0493. The van der Waals surface area contributed by atoms with Gasteiger partial charge in [-0.3, -0.25) is 4.79 Å². The Bertz CT molecular complexity index is 1580. The van der Waals surface area contributed by atoms with Crippen LogP contribution in [0.25, 0.3) is 22.2 Å². The van der Waals surface area contributed by atoms with Crippen LogP contribution in [0.5, 0.6) is 5.75 Å². The highest BCUT2D eigenvalue weighted by molar-refractivity contribution is 6.01. The molecule has 2 aliphatic rings. The highest BCUT2D eigenvalue weighted by atomic mass is 16.5. The van der Waals surface area contributed by atoms with Crippen molar-refractivity contribution in [3.05, 3.63) is 89.0 Å². The minimum Gasteiger partial charge on any atom is -0.491 e. The summed E-state index contributed by atoms with van der Waals surface area (Å²) in [5, 5.41) is 13.6. The normalized spacial score (nSPS) is 15.4. The van der Waals surface area contributed by atoms with Gasteiger partial charge in [0, 0.05) is 27.6 Å². The van der Waals surface area contributed by atoms with Crippen LogP contribution < -0.4 is 10.1 Å². The molecule has 40 heavy (non-hydrogen) atoms. The third-order valence-electron chi connectivity index (χ3n) is 8.67. The van der Waals surface area contributed by atoms with Gasteiger partial charge in [-0.2, -0.15) is 5.26 Å². The zero-order chi connectivity index (χ0) is 27.7. The number of fused-ring (bicyclic) bond motifs is 5. The first kappa shape index (κ1) is 26.2. The molecule has 0 saturated heterocycles. The van der Waals surface area contributed by atoms with Gasteiger partial charge >= 0.3 is 0 Å². The van der Waals surface area contributed by atoms with Crippen LogP contribution in [-0.4, -0.2) is 22.6 Å². The summed E-state index contributed by atoms with van der Waals surface area (Å²) >= 11 is 0. The van der Waals surface area contributed by atoms with Crippen LogP contribution in [0.3, 0.4) is 0 Å². The van der Waals surface area contributed by atoms with Crippen LogP contribution in [0.2, 0.25) is 0 Å². The second-order valence-corrected chi connectivity index (χ2v) is 12.0. The molecule has 1 aliphatic heterocycles. The molecule has 1 aromatic heterocycles. The molecule has 0 spiro atoms. The van der Waals surface area contributed by atoms with E-state index in [1.54, 1.807) is 0 Å². The smallest absolute Gasteiger partial charge is 0.251 e. The Hall–Kier alpha value is -4.04. The van der Waals surface area contributed by atoms with Gasteiger partial charge in [-0.15, -0.1) is 0 Å². The lowest BCUT2D eigenvalue weighted by Crippen LogP contribution is -2.43. The summed E-state index contributed by atoms with van der Waals surface area (Å²) in [6.07, 6.45) is 7.91. The summed E-state index contributed by atoms with van der Waals surface area (Å²) in [5.74, 6) is 1.43. The van der Waals surface area contributed by atoms with Crippen molar-refractivity contribution in [3.8, 4) is 23.1 Å². The number of hydrogen-bond acceptors (Lipinski definition) is 3. The maximum atomic E-state index is 13.6. The highest BCUT2D eigenvalue weighted by Gasteiger charge is 2.30. The van der Waals surface area contributed by atoms with Crippen LogP contribution >= 0.6 is 0 Å². The van der Waals surface area contributed by atoms with E-state index in [1.807, 2.05) is 36.4 Å². The maximum absolute atomic E-state index is 13.6. The maximum Gasteiger partial charge on any atom is 0.251 e. The van der Waals surface area contributed by atoms with Crippen molar-refractivity contribution >= 4 is 16.8 Å². The van der Waals surface area contributed by atoms with E-state index in [0.717, 1.165) is 41.8 Å². The lowest BCUT2D eigenvalue weighted by atomic mass is 9.81. The SMILES string of the molecule is CC(C)(CCc1ccc(C#N)cc1)NC(=O)c1ccc2c(C3CCCCC3)c3n(c2c1)CCOc1ccccc1-3. The fraction of sp³-hybridized carbons (Fsp3) is 0.371. The average molecular weight is 532 g/mol. The first-order chi connectivity index (χ1) is 19.4. The number of rotatable bonds is 6. The van der Waals surface area contributed by atoms with E-state index in [-0.39, 0.29) is 11.4 Å². The largest absolute Gasteiger partial charge is 0.491 e. The Balaban J connectivity index is 1.32. The number of carbonyl (C=O) groups is 1. The van der Waals surface area contributed by atoms with Crippen molar-refractivity contribution in [2.45, 2.75) is 76.8 Å². The number of aromatic nitrogens is 1. The van der Waals surface area contributed by atoms with Gasteiger partial charge in [0.15, 0.2) is 0 Å². The standard InChI is InChI=1S/C35H37N3O2/c1-35(2,19-18-24-12-14-25(23-36)15-13-24)37-34(39)27-16-17-28-30(22-27)38-20-21-40-31-11-7-6-10-29(31)33(38)32(28)26-8-4-3-5-9-26/h6-7,10-17,22,26H,3-5,8-9,18-21H2,1-2H3,(H,37,39). The molecule has 5 nitrogen and oxygen atoms in total. The van der Waals surface area contributed by atoms with E-state index in [4.69, 9.17) is 10.00 Å². The number of para-hydroxylation sites is 1. The van der Waals surface area contributed by atoms with Crippen molar-refractivity contribution in [1.29, 1.82) is 5.26 Å². The number of aryl methyl sites for hydroxylation is 1. The molecule has 204 valence electrons. The average Bonchev–Trinajstić information content (AvgIpc) is 3.17. The third kappa shape index (κ3) is 5.11. The second kappa shape index (κ2) is 10.8. The molecule has 0 unspecified atom stereocenters. The third-order valence-corrected chi connectivity index (χ3v) is 8.67. The number of carbonyl (C=O) groups excluding carboxylic acids is 1. The molecule has 1 fully saturated rings. The molecule has 6 rings (SSSR count). The van der Waals surface area contributed by atoms with E-state index in [0.29, 0.717) is 23.7 Å². The summed E-state index contributed by atoms with van der Waals surface area (Å²) in [5.41, 5.74) is 7.12. The Kier molecular flexibility index (Phi) is 7.11. The molecular formula is C35H37N3O2. The Morgan fingerprint density at radius 2 is 1.82 bits per heavy atom. The van der Waals surface area contributed by atoms with Gasteiger partial charge in [0.25, 0.3) is 5.91 Å². The fourth-order valence-electron chi connectivity index (χ4n) is 6.52. The lowest BCUT2D eigenvalue weighted by Gasteiger charge is -2.26. The predicted octanol–water partition coefficient (Wildman–Crippen LogP) is 7.76. The zero-order valence-corrected chi connectivity index (χ0v) is 23.5. The molecular weight excluding hydrogens is 494 g/mol. The molecule has 1 saturated carbocycles. The van der Waals surface area contributed by atoms with Crippen LogP contribution in [0.4, 0.5) is 0 Å². The first-order valence-corrected chi connectivity index (χ1v) is 14.6. The molecule has 1 N–H and O–H groups in total. The Morgan fingerprint density at radius 3 is 2.60 bits per heavy atom. The van der Waals surface area contributed by atoms with Crippen LogP contribution in [-0.2, 0) is 13.0 Å². The van der Waals surface area contributed by atoms with E-state index < -0.39 is 0 Å². The molecule has 1 aliphatic carbocycles. The molecule has 2 heterocycles. The molecule has 5 heteroatoms. The summed E-state index contributed by atoms with van der Waals surface area (Å²) in [6, 6.07) is 24.5. The number of benzene rings is 3. The van der Waals surface area contributed by atoms with E-state index in [9.17, 15) is 4.79 Å². The van der Waals surface area contributed by atoms with Gasteiger partial charge in [0.05, 0.1) is 23.9 Å². The van der Waals surface area contributed by atoms with Gasteiger partial charge in [0.1, 0.15) is 12.4 Å². The monoisotopic (exact) mass is 531 g/mol. The summed E-state index contributed by atoms with van der Waals surface area (Å²) in [6.45, 7) is 5.52. The van der Waals surface area contributed by atoms with Crippen molar-refractivity contribution in [3.63, 3.8) is 0 Å². The summed E-state index contributed by atoms with van der Waals surface area (Å²) < 4.78 is 8.59. The van der Waals surface area contributed by atoms with E-state index in [2.05, 4.69) is 60.1 Å². The van der Waals surface area contributed by atoms with Crippen molar-refractivity contribution in [1.82, 2.24) is 9.88 Å².